The molecule has 1 aliphatic rings. The molecule has 3 heteroatoms. The molecule has 8 heavy (non-hydrogen) atoms. The van der Waals surface area contributed by atoms with Crippen molar-refractivity contribution in [1.82, 2.24) is 0 Å². The Bertz CT molecular complexity index is 59.4. The molecule has 1 fully saturated rings. The van der Waals surface area contributed by atoms with Crippen LogP contribution in [0.15, 0.2) is 0 Å². The molecule has 1 saturated heterocycles. The van der Waals surface area contributed by atoms with Crippen LogP contribution in [0.1, 0.15) is 0 Å². The van der Waals surface area contributed by atoms with Gasteiger partial charge in [-0.2, -0.15) is 0 Å². The van der Waals surface area contributed by atoms with E-state index in [0.29, 0.717) is 0 Å². The highest BCUT2D eigenvalue weighted by molar-refractivity contribution is 7.51. The lowest BCUT2D eigenvalue weighted by Crippen LogP contribution is -1.96. The zero-order valence-corrected chi connectivity index (χ0v) is 5.99. The predicted octanol–water partition coefficient (Wildman–Crippen LogP) is 1.06. The van der Waals surface area contributed by atoms with Gasteiger partial charge in [-0.1, -0.05) is 0 Å². The Kier molecular flexibility index (Phi) is 2.74. The molecule has 1 heterocycles. The van der Waals surface area contributed by atoms with Crippen LogP contribution < -0.4 is 0 Å². The quantitative estimate of drug-likeness (QED) is 0.461. The van der Waals surface area contributed by atoms with Crippen molar-refractivity contribution in [2.45, 2.75) is 0 Å². The van der Waals surface area contributed by atoms with E-state index < -0.39 is 0 Å². The van der Waals surface area contributed by atoms with Gasteiger partial charge in [0, 0.05) is 14.3 Å². The molecular formula is C5H11O2P. The average Bonchev–Trinajstić information content (AvgIpc) is 1.94. The second-order valence-corrected chi connectivity index (χ2v) is 3.76. The largest absolute Gasteiger partial charge is 0.379 e. The minimum absolute atomic E-state index is 0.143. The van der Waals surface area contributed by atoms with E-state index in [2.05, 4.69) is 6.66 Å². The van der Waals surface area contributed by atoms with Gasteiger partial charge in [0.15, 0.2) is 0 Å². The first-order chi connectivity index (χ1) is 3.89. The van der Waals surface area contributed by atoms with Crippen molar-refractivity contribution in [3.05, 3.63) is 0 Å². The van der Waals surface area contributed by atoms with E-state index in [0.717, 1.165) is 26.0 Å². The standard InChI is InChI=1S/C5H11O2P/c1-8-5-4-6-2-3-7-8/h2-5H2,1H3. The highest BCUT2D eigenvalue weighted by Crippen LogP contribution is 2.32. The highest BCUT2D eigenvalue weighted by Gasteiger charge is 2.05. The topological polar surface area (TPSA) is 18.5 Å². The van der Waals surface area contributed by atoms with Crippen molar-refractivity contribution in [2.75, 3.05) is 32.6 Å². The molecule has 0 aromatic heterocycles. The summed E-state index contributed by atoms with van der Waals surface area (Å²) in [7, 11) is -0.143. The molecule has 0 aliphatic carbocycles. The maximum absolute atomic E-state index is 5.34. The number of ether oxygens (including phenoxy) is 1. The second-order valence-electron chi connectivity index (χ2n) is 1.80. The van der Waals surface area contributed by atoms with Crippen LogP contribution in [0.3, 0.4) is 0 Å². The van der Waals surface area contributed by atoms with Gasteiger partial charge in [0.05, 0.1) is 19.8 Å². The van der Waals surface area contributed by atoms with Gasteiger partial charge >= 0.3 is 0 Å². The van der Waals surface area contributed by atoms with E-state index in [1.807, 2.05) is 0 Å². The molecule has 0 spiro atoms. The van der Waals surface area contributed by atoms with Gasteiger partial charge in [0.25, 0.3) is 0 Å². The predicted molar refractivity (Wildman–Crippen MR) is 34.5 cm³/mol. The third-order valence-electron chi connectivity index (χ3n) is 1.09. The summed E-state index contributed by atoms with van der Waals surface area (Å²) in [6, 6.07) is 0. The molecule has 0 N–H and O–H groups in total. The summed E-state index contributed by atoms with van der Waals surface area (Å²) in [5, 5.41) is 0. The van der Waals surface area contributed by atoms with Crippen LogP contribution >= 0.6 is 8.15 Å². The van der Waals surface area contributed by atoms with E-state index in [9.17, 15) is 0 Å². The normalized spacial score (nSPS) is 31.9. The van der Waals surface area contributed by atoms with Gasteiger partial charge < -0.3 is 9.26 Å². The zero-order chi connectivity index (χ0) is 5.82. The van der Waals surface area contributed by atoms with Crippen molar-refractivity contribution in [3.8, 4) is 0 Å². The van der Waals surface area contributed by atoms with Crippen molar-refractivity contribution < 1.29 is 9.26 Å². The monoisotopic (exact) mass is 134 g/mol. The van der Waals surface area contributed by atoms with Crippen molar-refractivity contribution in [1.29, 1.82) is 0 Å². The van der Waals surface area contributed by atoms with E-state index in [1.54, 1.807) is 0 Å². The number of rotatable bonds is 0. The minimum atomic E-state index is -0.143. The van der Waals surface area contributed by atoms with Gasteiger partial charge in [-0.05, 0) is 6.66 Å². The molecule has 48 valence electrons. The Balaban J connectivity index is 2.17. The lowest BCUT2D eigenvalue weighted by Gasteiger charge is -2.04. The number of hydrogen-bond donors (Lipinski definition) is 0. The van der Waals surface area contributed by atoms with E-state index in [1.165, 1.54) is 0 Å². The van der Waals surface area contributed by atoms with Crippen molar-refractivity contribution in [2.24, 2.45) is 0 Å². The summed E-state index contributed by atoms with van der Waals surface area (Å²) >= 11 is 0. The Morgan fingerprint density at radius 1 is 1.25 bits per heavy atom. The Morgan fingerprint density at radius 3 is 3.00 bits per heavy atom. The fraction of sp³-hybridized carbons (Fsp3) is 1.00. The lowest BCUT2D eigenvalue weighted by atomic mass is 10.7. The zero-order valence-electron chi connectivity index (χ0n) is 5.09. The summed E-state index contributed by atoms with van der Waals surface area (Å²) in [4.78, 5) is 0. The summed E-state index contributed by atoms with van der Waals surface area (Å²) in [6.45, 7) is 4.61. The molecule has 0 aromatic rings. The fourth-order valence-electron chi connectivity index (χ4n) is 0.612. The Morgan fingerprint density at radius 2 is 2.12 bits per heavy atom. The first kappa shape index (κ1) is 6.47. The first-order valence-electron chi connectivity index (χ1n) is 2.81. The Labute approximate surface area is 51.0 Å². The maximum atomic E-state index is 5.34. The molecule has 1 unspecified atom stereocenters. The molecule has 2 nitrogen and oxygen atoms in total. The van der Waals surface area contributed by atoms with Crippen molar-refractivity contribution >= 4 is 8.15 Å². The van der Waals surface area contributed by atoms with Gasteiger partial charge in [-0.25, -0.2) is 0 Å². The SMILES string of the molecule is CP1CCOCCO1. The van der Waals surface area contributed by atoms with Crippen LogP contribution in [0.4, 0.5) is 0 Å². The molecule has 0 amide bonds. The van der Waals surface area contributed by atoms with Crippen LogP contribution in [0.2, 0.25) is 0 Å². The highest BCUT2D eigenvalue weighted by atomic mass is 31.1. The van der Waals surface area contributed by atoms with Crippen LogP contribution in [0, 0.1) is 0 Å². The Hall–Kier alpha value is 0.350. The van der Waals surface area contributed by atoms with E-state index in [4.69, 9.17) is 9.26 Å². The third kappa shape index (κ3) is 2.08. The van der Waals surface area contributed by atoms with Gasteiger partial charge in [-0.15, -0.1) is 0 Å². The second kappa shape index (κ2) is 3.39. The van der Waals surface area contributed by atoms with Crippen LogP contribution in [0.5, 0.6) is 0 Å². The van der Waals surface area contributed by atoms with Crippen LogP contribution in [-0.4, -0.2) is 32.6 Å². The fourth-order valence-corrected chi connectivity index (χ4v) is 1.51. The molecule has 0 saturated carbocycles. The van der Waals surface area contributed by atoms with Gasteiger partial charge in [-0.3, -0.25) is 0 Å². The average molecular weight is 134 g/mol. The number of hydrogen-bond acceptors (Lipinski definition) is 2. The molecule has 1 rings (SSSR count). The smallest absolute Gasteiger partial charge is 0.0743 e. The third-order valence-corrected chi connectivity index (χ3v) is 2.53. The first-order valence-corrected chi connectivity index (χ1v) is 4.70. The van der Waals surface area contributed by atoms with Gasteiger partial charge in [0.1, 0.15) is 0 Å². The molecule has 0 aromatic carbocycles. The summed E-state index contributed by atoms with van der Waals surface area (Å²) in [5.74, 6) is 0. The van der Waals surface area contributed by atoms with Gasteiger partial charge in [0.2, 0.25) is 0 Å². The lowest BCUT2D eigenvalue weighted by molar-refractivity contribution is 0.130. The van der Waals surface area contributed by atoms with Crippen LogP contribution in [0.25, 0.3) is 0 Å². The molecular weight excluding hydrogens is 123 g/mol. The molecule has 0 radical (unpaired) electrons. The summed E-state index contributed by atoms with van der Waals surface area (Å²) in [5.41, 5.74) is 0. The molecule has 0 bridgehead atoms. The molecule has 1 atom stereocenters. The minimum Gasteiger partial charge on any atom is -0.379 e. The maximum Gasteiger partial charge on any atom is 0.0743 e. The molecule has 1 aliphatic heterocycles. The van der Waals surface area contributed by atoms with Crippen molar-refractivity contribution in [3.63, 3.8) is 0 Å². The van der Waals surface area contributed by atoms with E-state index >= 15 is 0 Å². The summed E-state index contributed by atoms with van der Waals surface area (Å²) in [6.07, 6.45) is 1.11. The van der Waals surface area contributed by atoms with Crippen LogP contribution in [-0.2, 0) is 9.26 Å². The summed E-state index contributed by atoms with van der Waals surface area (Å²) < 4.78 is 10.5. The van der Waals surface area contributed by atoms with E-state index in [-0.39, 0.29) is 8.15 Å².